The van der Waals surface area contributed by atoms with E-state index in [0.717, 1.165) is 5.56 Å². The number of aliphatic hydroxyl groups excluding tert-OH is 1. The van der Waals surface area contributed by atoms with Crippen molar-refractivity contribution in [1.29, 1.82) is 0 Å². The molecule has 0 radical (unpaired) electrons. The van der Waals surface area contributed by atoms with Gasteiger partial charge in [0.2, 0.25) is 35.4 Å². The maximum absolute atomic E-state index is 13.9. The summed E-state index contributed by atoms with van der Waals surface area (Å²) in [6, 6.07) is 6.82. The second-order valence-electron chi connectivity index (χ2n) is 14.4. The van der Waals surface area contributed by atoms with Gasteiger partial charge in [0.25, 0.3) is 0 Å². The molecule has 8 atom stereocenters. The molecule has 0 aliphatic carbocycles. The number of carbonyl (C=O) groups is 7. The lowest BCUT2D eigenvalue weighted by Crippen LogP contribution is -2.60. The van der Waals surface area contributed by atoms with Crippen LogP contribution in [0, 0.1) is 5.92 Å². The molecule has 0 spiro atoms. The highest BCUT2D eigenvalue weighted by Gasteiger charge is 2.39. The molecule has 2 aromatic carbocycles. The minimum absolute atomic E-state index is 0.0412. The number of phenols is 1. The van der Waals surface area contributed by atoms with E-state index in [-0.39, 0.29) is 25.1 Å². The SMILES string of the molecule is CC[C@H](C)[C@H](NC(=O)[C@H](CO)NC(=O)[C@H](Cc1ccc(O)cc1)NC(=O)[C@H](C)NC(=O)[C@@H]1CCCN1C(=O)[C@H](CCSC)NC(=O)[C@@H](N)Cc1ccccc1)C(=O)O. The molecule has 6 amide bonds. The van der Waals surface area contributed by atoms with E-state index in [4.69, 9.17) is 5.73 Å². The molecule has 1 heterocycles. The van der Waals surface area contributed by atoms with E-state index in [9.17, 15) is 48.9 Å². The number of aliphatic carboxylic acids is 1. The first kappa shape index (κ1) is 47.2. The van der Waals surface area contributed by atoms with E-state index in [0.29, 0.717) is 37.0 Å². The lowest BCUT2D eigenvalue weighted by Gasteiger charge is -2.30. The molecule has 0 saturated carbocycles. The number of aromatic hydroxyl groups is 1. The summed E-state index contributed by atoms with van der Waals surface area (Å²) in [7, 11) is 0. The van der Waals surface area contributed by atoms with Crippen molar-refractivity contribution in [3.05, 3.63) is 65.7 Å². The van der Waals surface area contributed by atoms with Gasteiger partial charge in [-0.25, -0.2) is 4.79 Å². The van der Waals surface area contributed by atoms with Crippen molar-refractivity contribution in [1.82, 2.24) is 31.5 Å². The highest BCUT2D eigenvalue weighted by Crippen LogP contribution is 2.21. The number of carbonyl (C=O) groups excluding carboxylic acids is 6. The van der Waals surface area contributed by atoms with Crippen LogP contribution in [0.15, 0.2) is 54.6 Å². The van der Waals surface area contributed by atoms with E-state index >= 15 is 0 Å². The van der Waals surface area contributed by atoms with Gasteiger partial charge < -0.3 is 52.5 Å². The molecule has 2 aromatic rings. The molecule has 17 nitrogen and oxygen atoms in total. The third-order valence-corrected chi connectivity index (χ3v) is 10.7. The fourth-order valence-corrected chi connectivity index (χ4v) is 6.86. The largest absolute Gasteiger partial charge is 0.508 e. The lowest BCUT2D eigenvalue weighted by atomic mass is 9.99. The number of amides is 6. The lowest BCUT2D eigenvalue weighted by molar-refractivity contribution is -0.144. The molecule has 0 bridgehead atoms. The fourth-order valence-electron chi connectivity index (χ4n) is 6.39. The van der Waals surface area contributed by atoms with Crippen molar-refractivity contribution in [3.8, 4) is 5.75 Å². The third-order valence-electron chi connectivity index (χ3n) is 10.1. The van der Waals surface area contributed by atoms with Gasteiger partial charge in [0.15, 0.2) is 0 Å². The standard InChI is InChI=1S/C40H57N7O10S/c1-5-23(2)33(40(56)57)46-37(53)31(22-48)45-36(52)30(21-26-13-15-27(49)16-14-26)44-34(50)24(3)42-38(54)32-12-9-18-47(32)39(55)29(17-19-58-4)43-35(51)28(41)20-25-10-7-6-8-11-25/h6-8,10-11,13-16,23-24,28-33,48-49H,5,9,12,17-22,41H2,1-4H3,(H,42,54)(H,43,51)(H,44,50)(H,45,52)(H,46,53)(H,56,57)/t23-,24-,28-,29-,30-,31-,32-,33-/m0/s1. The fraction of sp³-hybridized carbons (Fsp3) is 0.525. The zero-order chi connectivity index (χ0) is 42.9. The number of hydrogen-bond donors (Lipinski definition) is 9. The number of nitrogens with two attached hydrogens (primary N) is 1. The second-order valence-corrected chi connectivity index (χ2v) is 15.4. The molecule has 58 heavy (non-hydrogen) atoms. The van der Waals surface area contributed by atoms with Crippen molar-refractivity contribution in [2.45, 2.75) is 102 Å². The number of carboxylic acids is 1. The van der Waals surface area contributed by atoms with Gasteiger partial charge in [0, 0.05) is 13.0 Å². The average molecular weight is 828 g/mol. The molecule has 3 rings (SSSR count). The number of hydrogen-bond acceptors (Lipinski definition) is 11. The Labute approximate surface area is 342 Å². The van der Waals surface area contributed by atoms with Crippen LogP contribution in [-0.4, -0.2) is 129 Å². The Kier molecular flexibility index (Phi) is 18.9. The van der Waals surface area contributed by atoms with Crippen molar-refractivity contribution in [2.24, 2.45) is 11.7 Å². The van der Waals surface area contributed by atoms with E-state index in [1.807, 2.05) is 36.6 Å². The minimum atomic E-state index is -1.57. The molecular weight excluding hydrogens is 771 g/mol. The zero-order valence-electron chi connectivity index (χ0n) is 33.3. The Bertz CT molecular complexity index is 1720. The number of aliphatic hydroxyl groups is 1. The molecule has 10 N–H and O–H groups in total. The predicted molar refractivity (Wildman–Crippen MR) is 217 cm³/mol. The van der Waals surface area contributed by atoms with Crippen LogP contribution in [0.2, 0.25) is 0 Å². The highest BCUT2D eigenvalue weighted by molar-refractivity contribution is 7.98. The van der Waals surface area contributed by atoms with Gasteiger partial charge in [-0.15, -0.1) is 0 Å². The molecule has 1 aliphatic rings. The molecule has 1 saturated heterocycles. The summed E-state index contributed by atoms with van der Waals surface area (Å²) < 4.78 is 0. The van der Waals surface area contributed by atoms with Crippen LogP contribution in [0.1, 0.15) is 57.6 Å². The molecule has 318 valence electrons. The third kappa shape index (κ3) is 14.0. The predicted octanol–water partition coefficient (Wildman–Crippen LogP) is -0.184. The first-order valence-electron chi connectivity index (χ1n) is 19.3. The second kappa shape index (κ2) is 23.3. The maximum Gasteiger partial charge on any atom is 0.326 e. The zero-order valence-corrected chi connectivity index (χ0v) is 34.1. The molecule has 0 aromatic heterocycles. The highest BCUT2D eigenvalue weighted by atomic mass is 32.2. The minimum Gasteiger partial charge on any atom is -0.508 e. The monoisotopic (exact) mass is 827 g/mol. The van der Waals surface area contributed by atoms with Crippen LogP contribution in [-0.2, 0) is 46.4 Å². The topological polar surface area (TPSA) is 270 Å². The van der Waals surface area contributed by atoms with Crippen molar-refractivity contribution in [2.75, 3.05) is 25.2 Å². The first-order valence-corrected chi connectivity index (χ1v) is 20.7. The molecule has 1 aliphatic heterocycles. The van der Waals surface area contributed by atoms with Gasteiger partial charge in [0.1, 0.15) is 42.0 Å². The van der Waals surface area contributed by atoms with E-state index in [2.05, 4.69) is 26.6 Å². The summed E-state index contributed by atoms with van der Waals surface area (Å²) >= 11 is 1.49. The number of likely N-dealkylation sites (tertiary alicyclic amines) is 1. The average Bonchev–Trinajstić information content (AvgIpc) is 3.71. The Morgan fingerprint density at radius 2 is 1.41 bits per heavy atom. The first-order chi connectivity index (χ1) is 27.6. The van der Waals surface area contributed by atoms with Crippen molar-refractivity contribution >= 4 is 53.2 Å². The quantitative estimate of drug-likeness (QED) is 0.0749. The van der Waals surface area contributed by atoms with Crippen LogP contribution in [0.25, 0.3) is 0 Å². The summed E-state index contributed by atoms with van der Waals surface area (Å²) in [4.78, 5) is 94.0. The van der Waals surface area contributed by atoms with E-state index in [1.165, 1.54) is 47.9 Å². The number of rotatable bonds is 22. The van der Waals surface area contributed by atoms with Crippen LogP contribution >= 0.6 is 11.8 Å². The summed E-state index contributed by atoms with van der Waals surface area (Å²) in [6.45, 7) is 4.14. The number of carboxylic acid groups (broad SMARTS) is 1. The van der Waals surface area contributed by atoms with Crippen LogP contribution < -0.4 is 32.3 Å². The van der Waals surface area contributed by atoms with E-state index < -0.39 is 96.2 Å². The molecule has 1 fully saturated rings. The van der Waals surface area contributed by atoms with Gasteiger partial charge in [0.05, 0.1) is 12.6 Å². The summed E-state index contributed by atoms with van der Waals surface area (Å²) in [5.41, 5.74) is 7.57. The summed E-state index contributed by atoms with van der Waals surface area (Å²) in [5, 5.41) is 42.1. The molecule has 0 unspecified atom stereocenters. The summed E-state index contributed by atoms with van der Waals surface area (Å²) in [6.07, 6.45) is 3.54. The number of nitrogens with one attached hydrogen (secondary N) is 5. The van der Waals surface area contributed by atoms with Gasteiger partial charge in [-0.2, -0.15) is 11.8 Å². The Balaban J connectivity index is 1.71. The molecule has 18 heteroatoms. The number of thioether (sulfide) groups is 1. The van der Waals surface area contributed by atoms with Crippen LogP contribution in [0.4, 0.5) is 0 Å². The number of nitrogens with zero attached hydrogens (tertiary/aromatic N) is 1. The number of phenolic OH excluding ortho intramolecular Hbond substituents is 1. The van der Waals surface area contributed by atoms with Crippen molar-refractivity contribution in [3.63, 3.8) is 0 Å². The van der Waals surface area contributed by atoms with Gasteiger partial charge >= 0.3 is 5.97 Å². The summed E-state index contributed by atoms with van der Waals surface area (Å²) in [5.74, 6) is -5.41. The Morgan fingerprint density at radius 3 is 2.02 bits per heavy atom. The molecular formula is C40H57N7O10S. The smallest absolute Gasteiger partial charge is 0.326 e. The van der Waals surface area contributed by atoms with Gasteiger partial charge in [-0.1, -0.05) is 62.7 Å². The Hall–Kier alpha value is -5.20. The van der Waals surface area contributed by atoms with E-state index in [1.54, 1.807) is 13.8 Å². The maximum atomic E-state index is 13.9. The van der Waals surface area contributed by atoms with Gasteiger partial charge in [-0.3, -0.25) is 28.8 Å². The Morgan fingerprint density at radius 1 is 0.810 bits per heavy atom. The number of benzene rings is 2. The van der Waals surface area contributed by atoms with Gasteiger partial charge in [-0.05, 0) is 73.8 Å². The van der Waals surface area contributed by atoms with Crippen molar-refractivity contribution < 1.29 is 48.9 Å². The normalized spacial score (nSPS) is 17.3. The van der Waals surface area contributed by atoms with Crippen LogP contribution in [0.5, 0.6) is 5.75 Å². The van der Waals surface area contributed by atoms with Crippen LogP contribution in [0.3, 0.4) is 0 Å².